The number of H-pyrrole nitrogens is 1. The number of anilines is 1. The number of fused-ring (bicyclic) bond motifs is 1. The SMILES string of the molecule is COc1ccc(-c2n[nH]c(=O)c3c2CCCC3)cc1S(=O)(=O)Nc1cc(C)ccc1C. The second kappa shape index (κ2) is 8.19. The van der Waals surface area contributed by atoms with Crippen molar-refractivity contribution in [3.63, 3.8) is 0 Å². The van der Waals surface area contributed by atoms with Crippen molar-refractivity contribution in [2.24, 2.45) is 0 Å². The quantitative estimate of drug-likeness (QED) is 0.631. The van der Waals surface area contributed by atoms with E-state index >= 15 is 0 Å². The van der Waals surface area contributed by atoms with Crippen molar-refractivity contribution in [3.8, 4) is 17.0 Å². The summed E-state index contributed by atoms with van der Waals surface area (Å²) in [6, 6.07) is 10.5. The van der Waals surface area contributed by atoms with Gasteiger partial charge >= 0.3 is 0 Å². The van der Waals surface area contributed by atoms with Crippen molar-refractivity contribution < 1.29 is 13.2 Å². The Morgan fingerprint density at radius 2 is 1.77 bits per heavy atom. The molecule has 0 amide bonds. The predicted octanol–water partition coefficient (Wildman–Crippen LogP) is 3.74. The summed E-state index contributed by atoms with van der Waals surface area (Å²) in [7, 11) is -2.49. The van der Waals surface area contributed by atoms with Crippen LogP contribution in [0.25, 0.3) is 11.3 Å². The third-order valence-electron chi connectivity index (χ3n) is 5.66. The molecule has 0 bridgehead atoms. The lowest BCUT2D eigenvalue weighted by atomic mass is 9.90. The van der Waals surface area contributed by atoms with Gasteiger partial charge in [0.05, 0.1) is 18.5 Å². The second-order valence-corrected chi connectivity index (χ2v) is 9.51. The minimum absolute atomic E-state index is 0.0194. The lowest BCUT2D eigenvalue weighted by Crippen LogP contribution is -2.21. The molecule has 0 atom stereocenters. The molecular formula is C23H25N3O4S. The van der Waals surface area contributed by atoms with Gasteiger partial charge in [0.15, 0.2) is 0 Å². The molecule has 0 radical (unpaired) electrons. The largest absolute Gasteiger partial charge is 0.495 e. The Bertz CT molecular complexity index is 1310. The maximum atomic E-state index is 13.3. The average molecular weight is 440 g/mol. The maximum absolute atomic E-state index is 13.3. The number of benzene rings is 2. The Hall–Kier alpha value is -3.13. The van der Waals surface area contributed by atoms with Crippen LogP contribution < -0.4 is 15.0 Å². The molecule has 1 heterocycles. The fraction of sp³-hybridized carbons (Fsp3) is 0.304. The molecule has 0 aliphatic heterocycles. The van der Waals surface area contributed by atoms with Crippen LogP contribution in [0.1, 0.15) is 35.1 Å². The van der Waals surface area contributed by atoms with Crippen LogP contribution in [0, 0.1) is 13.8 Å². The normalized spacial score (nSPS) is 13.5. The molecule has 7 nitrogen and oxygen atoms in total. The summed E-state index contributed by atoms with van der Waals surface area (Å²) in [5.41, 5.74) is 4.99. The lowest BCUT2D eigenvalue weighted by Gasteiger charge is -2.18. The lowest BCUT2D eigenvalue weighted by molar-refractivity contribution is 0.403. The van der Waals surface area contributed by atoms with E-state index in [4.69, 9.17) is 4.74 Å². The van der Waals surface area contributed by atoms with E-state index in [9.17, 15) is 13.2 Å². The van der Waals surface area contributed by atoms with E-state index in [-0.39, 0.29) is 16.2 Å². The Morgan fingerprint density at radius 3 is 2.52 bits per heavy atom. The van der Waals surface area contributed by atoms with E-state index in [0.717, 1.165) is 41.5 Å². The maximum Gasteiger partial charge on any atom is 0.267 e. The van der Waals surface area contributed by atoms with Gasteiger partial charge < -0.3 is 4.74 Å². The van der Waals surface area contributed by atoms with Gasteiger partial charge in [0.1, 0.15) is 10.6 Å². The van der Waals surface area contributed by atoms with Gasteiger partial charge in [0.2, 0.25) is 0 Å². The minimum Gasteiger partial charge on any atom is -0.495 e. The summed E-state index contributed by atoms with van der Waals surface area (Å²) in [6.07, 6.45) is 3.38. The number of hydrogen-bond donors (Lipinski definition) is 2. The van der Waals surface area contributed by atoms with Gasteiger partial charge in [0, 0.05) is 11.1 Å². The Kier molecular flexibility index (Phi) is 5.58. The van der Waals surface area contributed by atoms with Crippen LogP contribution in [-0.2, 0) is 22.9 Å². The standard InChI is InChI=1S/C23H25N3O4S/c1-14-8-9-15(2)19(12-14)26-31(28,29)21-13-16(10-11-20(21)30-3)22-17-6-4-5-7-18(17)23(27)25-24-22/h8-13,26H,4-7H2,1-3H3,(H,25,27). The molecule has 2 N–H and O–H groups in total. The molecule has 0 fully saturated rings. The highest BCUT2D eigenvalue weighted by Gasteiger charge is 2.24. The first-order valence-electron chi connectivity index (χ1n) is 10.2. The fourth-order valence-corrected chi connectivity index (χ4v) is 5.29. The predicted molar refractivity (Wildman–Crippen MR) is 120 cm³/mol. The van der Waals surface area contributed by atoms with Crippen LogP contribution in [0.3, 0.4) is 0 Å². The zero-order chi connectivity index (χ0) is 22.2. The molecule has 8 heteroatoms. The molecule has 1 aromatic heterocycles. The van der Waals surface area contributed by atoms with E-state index < -0.39 is 10.0 Å². The number of rotatable bonds is 5. The summed E-state index contributed by atoms with van der Waals surface area (Å²) in [4.78, 5) is 12.2. The van der Waals surface area contributed by atoms with E-state index in [0.29, 0.717) is 23.4 Å². The first kappa shape index (κ1) is 21.1. The number of nitrogens with one attached hydrogen (secondary N) is 2. The van der Waals surface area contributed by atoms with Crippen molar-refractivity contribution in [2.75, 3.05) is 11.8 Å². The van der Waals surface area contributed by atoms with Crippen molar-refractivity contribution in [3.05, 3.63) is 69.0 Å². The first-order valence-corrected chi connectivity index (χ1v) is 11.7. The third kappa shape index (κ3) is 4.07. The topological polar surface area (TPSA) is 101 Å². The highest BCUT2D eigenvalue weighted by atomic mass is 32.2. The molecular weight excluding hydrogens is 414 g/mol. The zero-order valence-electron chi connectivity index (χ0n) is 17.8. The Morgan fingerprint density at radius 1 is 1.03 bits per heavy atom. The molecule has 0 saturated heterocycles. The zero-order valence-corrected chi connectivity index (χ0v) is 18.6. The van der Waals surface area contributed by atoms with Gasteiger partial charge in [-0.1, -0.05) is 12.1 Å². The fourth-order valence-electron chi connectivity index (χ4n) is 3.98. The van der Waals surface area contributed by atoms with Crippen LogP contribution in [0.2, 0.25) is 0 Å². The van der Waals surface area contributed by atoms with Crippen molar-refractivity contribution in [1.82, 2.24) is 10.2 Å². The van der Waals surface area contributed by atoms with Crippen LogP contribution in [-0.4, -0.2) is 25.7 Å². The second-order valence-electron chi connectivity index (χ2n) is 7.86. The molecule has 1 aliphatic rings. The summed E-state index contributed by atoms with van der Waals surface area (Å²) >= 11 is 0. The number of aromatic nitrogens is 2. The minimum atomic E-state index is -3.93. The number of sulfonamides is 1. The molecule has 0 spiro atoms. The smallest absolute Gasteiger partial charge is 0.267 e. The number of aryl methyl sites for hydroxylation is 2. The highest BCUT2D eigenvalue weighted by molar-refractivity contribution is 7.92. The van der Waals surface area contributed by atoms with Crippen LogP contribution in [0.15, 0.2) is 46.1 Å². The molecule has 0 saturated carbocycles. The third-order valence-corrected chi connectivity index (χ3v) is 7.05. The summed E-state index contributed by atoms with van der Waals surface area (Å²) in [5, 5.41) is 6.82. The van der Waals surface area contributed by atoms with Crippen LogP contribution >= 0.6 is 0 Å². The number of aromatic amines is 1. The van der Waals surface area contributed by atoms with Crippen LogP contribution in [0.5, 0.6) is 5.75 Å². The molecule has 4 rings (SSSR count). The summed E-state index contributed by atoms with van der Waals surface area (Å²) in [6.45, 7) is 3.75. The van der Waals surface area contributed by atoms with Gasteiger partial charge in [-0.2, -0.15) is 5.10 Å². The van der Waals surface area contributed by atoms with Gasteiger partial charge in [-0.05, 0) is 80.5 Å². The molecule has 1 aliphatic carbocycles. The van der Waals surface area contributed by atoms with E-state index in [1.807, 2.05) is 26.0 Å². The molecule has 31 heavy (non-hydrogen) atoms. The molecule has 0 unspecified atom stereocenters. The molecule has 2 aromatic carbocycles. The number of nitrogens with zero attached hydrogens (tertiary/aromatic N) is 1. The number of hydrogen-bond acceptors (Lipinski definition) is 5. The van der Waals surface area contributed by atoms with Gasteiger partial charge in [0.25, 0.3) is 15.6 Å². The Balaban J connectivity index is 1.82. The molecule has 3 aromatic rings. The van der Waals surface area contributed by atoms with E-state index in [2.05, 4.69) is 14.9 Å². The van der Waals surface area contributed by atoms with Crippen molar-refractivity contribution in [2.45, 2.75) is 44.4 Å². The van der Waals surface area contributed by atoms with Crippen molar-refractivity contribution >= 4 is 15.7 Å². The summed E-state index contributed by atoms with van der Waals surface area (Å²) in [5.74, 6) is 0.236. The molecule has 162 valence electrons. The van der Waals surface area contributed by atoms with Gasteiger partial charge in [-0.15, -0.1) is 0 Å². The number of methoxy groups -OCH3 is 1. The van der Waals surface area contributed by atoms with Gasteiger partial charge in [-0.25, -0.2) is 13.5 Å². The van der Waals surface area contributed by atoms with E-state index in [1.54, 1.807) is 24.3 Å². The average Bonchev–Trinajstić information content (AvgIpc) is 2.76. The number of ether oxygens (including phenoxy) is 1. The van der Waals surface area contributed by atoms with Crippen LogP contribution in [0.4, 0.5) is 5.69 Å². The van der Waals surface area contributed by atoms with E-state index in [1.165, 1.54) is 7.11 Å². The first-order chi connectivity index (χ1) is 14.8. The highest BCUT2D eigenvalue weighted by Crippen LogP contribution is 2.34. The Labute approximate surface area is 181 Å². The van der Waals surface area contributed by atoms with Gasteiger partial charge in [-0.3, -0.25) is 9.52 Å². The summed E-state index contributed by atoms with van der Waals surface area (Å²) < 4.78 is 34.6. The van der Waals surface area contributed by atoms with Crippen molar-refractivity contribution in [1.29, 1.82) is 0 Å². The monoisotopic (exact) mass is 439 g/mol.